The lowest BCUT2D eigenvalue weighted by Gasteiger charge is -2.06. The van der Waals surface area contributed by atoms with E-state index in [0.29, 0.717) is 16.3 Å². The minimum Gasteiger partial charge on any atom is -0.546 e. The quantitative estimate of drug-likeness (QED) is 0.606. The fourth-order valence-electron chi connectivity index (χ4n) is 1.70. The number of hydrogen-bond acceptors (Lipinski definition) is 4. The van der Waals surface area contributed by atoms with Crippen LogP contribution in [0, 0.1) is 0 Å². The lowest BCUT2D eigenvalue weighted by Crippen LogP contribution is -2.28. The number of aliphatic carboxylic acids is 1. The maximum atomic E-state index is 12.0. The van der Waals surface area contributed by atoms with Crippen LogP contribution in [0.25, 0.3) is 6.08 Å². The largest absolute Gasteiger partial charge is 0.546 e. The maximum absolute atomic E-state index is 12.0. The number of carboxylic acids is 1. The van der Waals surface area contributed by atoms with Crippen molar-refractivity contribution in [3.63, 3.8) is 0 Å². The Morgan fingerprint density at radius 1 is 1.05 bits per heavy atom. The van der Waals surface area contributed by atoms with Crippen molar-refractivity contribution in [1.29, 1.82) is 0 Å². The molecule has 5 heteroatoms. The molecule has 22 heavy (non-hydrogen) atoms. The highest BCUT2D eigenvalue weighted by atomic mass is 35.5. The number of carbonyl (C=O) groups is 2. The molecule has 0 aromatic heterocycles. The Balaban J connectivity index is 2.00. The van der Waals surface area contributed by atoms with Crippen LogP contribution in [0.3, 0.4) is 0 Å². The second-order valence-electron chi connectivity index (χ2n) is 4.43. The van der Waals surface area contributed by atoms with Gasteiger partial charge in [0.2, 0.25) is 0 Å². The number of ether oxygens (including phenoxy) is 1. The Kier molecular flexibility index (Phi) is 5.33. The topological polar surface area (TPSA) is 66.4 Å². The third kappa shape index (κ3) is 4.75. The van der Waals surface area contributed by atoms with Gasteiger partial charge in [-0.3, -0.25) is 4.79 Å². The zero-order valence-corrected chi connectivity index (χ0v) is 12.2. The van der Waals surface area contributed by atoms with Crippen LogP contribution in [0.1, 0.15) is 15.9 Å². The monoisotopic (exact) mass is 315 g/mol. The minimum absolute atomic E-state index is 0.165. The van der Waals surface area contributed by atoms with Crippen LogP contribution in [-0.4, -0.2) is 18.4 Å². The van der Waals surface area contributed by atoms with Gasteiger partial charge in [-0.25, -0.2) is 0 Å². The molecule has 0 saturated heterocycles. The summed E-state index contributed by atoms with van der Waals surface area (Å²) in [6.45, 7) is -0.524. The third-order valence-electron chi connectivity index (χ3n) is 2.79. The molecule has 0 aliphatic rings. The van der Waals surface area contributed by atoms with E-state index in [1.807, 2.05) is 12.1 Å². The Morgan fingerprint density at radius 2 is 1.68 bits per heavy atom. The van der Waals surface area contributed by atoms with Crippen LogP contribution in [-0.2, 0) is 4.79 Å². The van der Waals surface area contributed by atoms with Gasteiger partial charge in [-0.15, -0.1) is 0 Å². The fraction of sp³-hybridized carbons (Fsp3) is 0.0588. The zero-order chi connectivity index (χ0) is 15.9. The molecule has 0 aliphatic carbocycles. The van der Waals surface area contributed by atoms with Crippen molar-refractivity contribution in [3.05, 3.63) is 70.8 Å². The number of carbonyl (C=O) groups excluding carboxylic acids is 2. The van der Waals surface area contributed by atoms with Crippen molar-refractivity contribution in [2.45, 2.75) is 0 Å². The van der Waals surface area contributed by atoms with E-state index in [-0.39, 0.29) is 5.78 Å². The van der Waals surface area contributed by atoms with Crippen LogP contribution >= 0.6 is 11.6 Å². The van der Waals surface area contributed by atoms with Gasteiger partial charge in [0, 0.05) is 10.6 Å². The van der Waals surface area contributed by atoms with Crippen molar-refractivity contribution in [3.8, 4) is 5.75 Å². The molecule has 2 aromatic carbocycles. The smallest absolute Gasteiger partial charge is 0.185 e. The minimum atomic E-state index is -1.30. The molecule has 0 heterocycles. The Hall–Kier alpha value is -2.59. The summed E-state index contributed by atoms with van der Waals surface area (Å²) in [5.41, 5.74) is 1.35. The molecule has 0 unspecified atom stereocenters. The summed E-state index contributed by atoms with van der Waals surface area (Å²) in [4.78, 5) is 22.3. The number of carboxylic acid groups (broad SMARTS) is 1. The average molecular weight is 316 g/mol. The van der Waals surface area contributed by atoms with Gasteiger partial charge >= 0.3 is 0 Å². The van der Waals surface area contributed by atoms with Gasteiger partial charge in [-0.05, 0) is 48.0 Å². The van der Waals surface area contributed by atoms with Gasteiger partial charge in [0.1, 0.15) is 12.4 Å². The Labute approximate surface area is 132 Å². The van der Waals surface area contributed by atoms with Gasteiger partial charge in [0.05, 0.1) is 5.97 Å². The summed E-state index contributed by atoms with van der Waals surface area (Å²) in [6.07, 6.45) is 3.15. The highest BCUT2D eigenvalue weighted by molar-refractivity contribution is 6.30. The van der Waals surface area contributed by atoms with Crippen LogP contribution < -0.4 is 9.84 Å². The van der Waals surface area contributed by atoms with E-state index < -0.39 is 12.6 Å². The fourth-order valence-corrected chi connectivity index (χ4v) is 1.83. The van der Waals surface area contributed by atoms with Crippen LogP contribution in [0.15, 0.2) is 54.6 Å². The van der Waals surface area contributed by atoms with E-state index >= 15 is 0 Å². The molecule has 0 radical (unpaired) electrons. The summed E-state index contributed by atoms with van der Waals surface area (Å²) in [5, 5.41) is 10.9. The van der Waals surface area contributed by atoms with E-state index in [2.05, 4.69) is 0 Å². The predicted octanol–water partition coefficient (Wildman–Crippen LogP) is 2.36. The zero-order valence-electron chi connectivity index (χ0n) is 11.5. The maximum Gasteiger partial charge on any atom is 0.185 e. The van der Waals surface area contributed by atoms with Gasteiger partial charge < -0.3 is 14.6 Å². The summed E-state index contributed by atoms with van der Waals surface area (Å²) < 4.78 is 4.94. The van der Waals surface area contributed by atoms with Crippen molar-refractivity contribution >= 4 is 29.4 Å². The highest BCUT2D eigenvalue weighted by Crippen LogP contribution is 2.14. The number of hydrogen-bond donors (Lipinski definition) is 0. The molecule has 0 saturated carbocycles. The number of benzene rings is 2. The first-order valence-corrected chi connectivity index (χ1v) is 6.83. The molecule has 0 aliphatic heterocycles. The molecule has 0 fully saturated rings. The second kappa shape index (κ2) is 7.43. The number of rotatable bonds is 6. The molecule has 0 N–H and O–H groups in total. The predicted molar refractivity (Wildman–Crippen MR) is 81.8 cm³/mol. The lowest BCUT2D eigenvalue weighted by molar-refractivity contribution is -0.307. The standard InChI is InChI=1S/C17H13ClO4/c18-14-6-1-12(2-7-14)3-10-16(19)13-4-8-15(9-5-13)22-11-17(20)21/h1-10H,11H2,(H,20,21)/p-1/b10-3+. The second-order valence-corrected chi connectivity index (χ2v) is 4.87. The molecule has 2 rings (SSSR count). The molecule has 112 valence electrons. The normalized spacial score (nSPS) is 10.6. The van der Waals surface area contributed by atoms with Gasteiger partial charge in [0.25, 0.3) is 0 Å². The van der Waals surface area contributed by atoms with E-state index in [0.717, 1.165) is 5.56 Å². The van der Waals surface area contributed by atoms with E-state index in [1.165, 1.54) is 18.2 Å². The summed E-state index contributed by atoms with van der Waals surface area (Å²) in [5.74, 6) is -1.10. The van der Waals surface area contributed by atoms with Gasteiger partial charge in [-0.1, -0.05) is 29.8 Å². The summed E-state index contributed by atoms with van der Waals surface area (Å²) in [7, 11) is 0. The van der Waals surface area contributed by atoms with Crippen molar-refractivity contribution in [1.82, 2.24) is 0 Å². The first-order chi connectivity index (χ1) is 10.5. The van der Waals surface area contributed by atoms with Crippen molar-refractivity contribution in [2.24, 2.45) is 0 Å². The molecular weight excluding hydrogens is 304 g/mol. The van der Waals surface area contributed by atoms with Crippen molar-refractivity contribution in [2.75, 3.05) is 6.61 Å². The lowest BCUT2D eigenvalue weighted by atomic mass is 10.1. The van der Waals surface area contributed by atoms with Crippen LogP contribution in [0.4, 0.5) is 0 Å². The molecule has 0 spiro atoms. The first-order valence-electron chi connectivity index (χ1n) is 6.45. The SMILES string of the molecule is O=C([O-])COc1ccc(C(=O)/C=C/c2ccc(Cl)cc2)cc1. The Bertz CT molecular complexity index is 688. The molecule has 2 aromatic rings. The number of allylic oxidation sites excluding steroid dienone is 1. The number of ketones is 1. The first kappa shape index (κ1) is 15.8. The molecule has 4 nitrogen and oxygen atoms in total. The van der Waals surface area contributed by atoms with Gasteiger partial charge in [-0.2, -0.15) is 0 Å². The van der Waals surface area contributed by atoms with E-state index in [1.54, 1.807) is 30.3 Å². The van der Waals surface area contributed by atoms with Crippen LogP contribution in [0.5, 0.6) is 5.75 Å². The molecular formula is C17H12ClO4-. The van der Waals surface area contributed by atoms with Gasteiger partial charge in [0.15, 0.2) is 5.78 Å². The van der Waals surface area contributed by atoms with E-state index in [9.17, 15) is 14.7 Å². The average Bonchev–Trinajstić information content (AvgIpc) is 2.52. The van der Waals surface area contributed by atoms with E-state index in [4.69, 9.17) is 16.3 Å². The molecule has 0 atom stereocenters. The molecule has 0 amide bonds. The third-order valence-corrected chi connectivity index (χ3v) is 3.04. The summed E-state index contributed by atoms with van der Waals surface area (Å²) >= 11 is 5.79. The summed E-state index contributed by atoms with van der Waals surface area (Å²) in [6, 6.07) is 13.3. The van der Waals surface area contributed by atoms with Crippen molar-refractivity contribution < 1.29 is 19.4 Å². The van der Waals surface area contributed by atoms with Crippen LogP contribution in [0.2, 0.25) is 5.02 Å². The highest BCUT2D eigenvalue weighted by Gasteiger charge is 2.02. The number of halogens is 1. The molecule has 0 bridgehead atoms. The Morgan fingerprint density at radius 3 is 2.27 bits per heavy atom.